The predicted octanol–water partition coefficient (Wildman–Crippen LogP) is 2.97. The molecule has 1 N–H and O–H groups in total. The molecule has 0 spiro atoms. The second-order valence-electron chi connectivity index (χ2n) is 5.04. The zero-order valence-corrected chi connectivity index (χ0v) is 11.0. The first-order chi connectivity index (χ1) is 8.22. The van der Waals surface area contributed by atoms with Crippen LogP contribution in [0.5, 0.6) is 0 Å². The normalized spacial score (nSPS) is 17.1. The number of unbranched alkanes of at least 4 members (excludes halogenated alkanes) is 4. The summed E-state index contributed by atoms with van der Waals surface area (Å²) in [7, 11) is 0. The first-order valence-electron chi connectivity index (χ1n) is 7.03. The summed E-state index contributed by atoms with van der Waals surface area (Å²) in [6.45, 7) is 2.19. The van der Waals surface area contributed by atoms with Crippen molar-refractivity contribution in [3.63, 3.8) is 0 Å². The van der Waals surface area contributed by atoms with Crippen molar-refractivity contribution in [1.82, 2.24) is 5.32 Å². The molecule has 17 heavy (non-hydrogen) atoms. The van der Waals surface area contributed by atoms with Crippen LogP contribution >= 0.6 is 0 Å². The first-order valence-corrected chi connectivity index (χ1v) is 7.03. The minimum Gasteiger partial charge on any atom is -0.353 e. The molecule has 1 aliphatic carbocycles. The number of amides is 1. The highest BCUT2D eigenvalue weighted by Gasteiger charge is 2.19. The van der Waals surface area contributed by atoms with Gasteiger partial charge in [-0.05, 0) is 19.3 Å². The highest BCUT2D eigenvalue weighted by molar-refractivity contribution is 5.80. The van der Waals surface area contributed by atoms with Gasteiger partial charge in [0.05, 0.1) is 0 Å². The number of hydrogen-bond acceptors (Lipinski definition) is 2. The van der Waals surface area contributed by atoms with Gasteiger partial charge in [-0.3, -0.25) is 9.59 Å². The molecule has 1 aliphatic rings. The van der Waals surface area contributed by atoms with Crippen LogP contribution in [0.4, 0.5) is 0 Å². The van der Waals surface area contributed by atoms with E-state index in [-0.39, 0.29) is 11.9 Å². The van der Waals surface area contributed by atoms with Crippen LogP contribution in [-0.2, 0) is 9.59 Å². The SMILES string of the molecule is CCCCCCCC(=O)NC1CCC(=O)CC1. The van der Waals surface area contributed by atoms with Gasteiger partial charge in [-0.1, -0.05) is 32.6 Å². The maximum absolute atomic E-state index is 11.6. The molecular weight excluding hydrogens is 214 g/mol. The molecule has 0 aromatic carbocycles. The second-order valence-corrected chi connectivity index (χ2v) is 5.04. The molecule has 0 aromatic rings. The lowest BCUT2D eigenvalue weighted by Gasteiger charge is -2.22. The topological polar surface area (TPSA) is 46.2 Å². The highest BCUT2D eigenvalue weighted by atomic mass is 16.1. The lowest BCUT2D eigenvalue weighted by atomic mass is 9.94. The summed E-state index contributed by atoms with van der Waals surface area (Å²) in [6.07, 6.45) is 9.50. The Morgan fingerprint density at radius 3 is 2.47 bits per heavy atom. The number of carbonyl (C=O) groups excluding carboxylic acids is 2. The molecule has 0 radical (unpaired) electrons. The fourth-order valence-electron chi connectivity index (χ4n) is 2.27. The first kappa shape index (κ1) is 14.2. The van der Waals surface area contributed by atoms with Crippen molar-refractivity contribution in [2.24, 2.45) is 0 Å². The Bertz CT molecular complexity index is 241. The molecule has 98 valence electrons. The Hall–Kier alpha value is -0.860. The smallest absolute Gasteiger partial charge is 0.220 e. The number of Topliss-reactive ketones (excluding diaryl/α,β-unsaturated/α-hetero) is 1. The van der Waals surface area contributed by atoms with E-state index in [0.717, 1.165) is 25.7 Å². The lowest BCUT2D eigenvalue weighted by Crippen LogP contribution is -2.37. The number of carbonyl (C=O) groups is 2. The van der Waals surface area contributed by atoms with Crippen LogP contribution in [0.25, 0.3) is 0 Å². The number of hydrogen-bond donors (Lipinski definition) is 1. The average Bonchev–Trinajstić information content (AvgIpc) is 2.32. The summed E-state index contributed by atoms with van der Waals surface area (Å²) in [6, 6.07) is 0.246. The average molecular weight is 239 g/mol. The molecule has 0 saturated heterocycles. The van der Waals surface area contributed by atoms with Gasteiger partial charge in [0.1, 0.15) is 5.78 Å². The summed E-state index contributed by atoms with van der Waals surface area (Å²) in [5, 5.41) is 3.04. The molecule has 3 nitrogen and oxygen atoms in total. The third kappa shape index (κ3) is 6.44. The monoisotopic (exact) mass is 239 g/mol. The van der Waals surface area contributed by atoms with Crippen LogP contribution in [0.2, 0.25) is 0 Å². The van der Waals surface area contributed by atoms with Gasteiger partial charge in [-0.2, -0.15) is 0 Å². The fraction of sp³-hybridized carbons (Fsp3) is 0.857. The molecule has 0 unspecified atom stereocenters. The standard InChI is InChI=1S/C14H25NO2/c1-2-3-4-5-6-7-14(17)15-12-8-10-13(16)11-9-12/h12H,2-11H2,1H3,(H,15,17). The van der Waals surface area contributed by atoms with Gasteiger partial charge in [0.2, 0.25) is 5.91 Å². The van der Waals surface area contributed by atoms with E-state index in [1.54, 1.807) is 0 Å². The number of ketones is 1. The van der Waals surface area contributed by atoms with E-state index in [0.29, 0.717) is 25.0 Å². The van der Waals surface area contributed by atoms with Crippen molar-refractivity contribution in [2.45, 2.75) is 77.2 Å². The molecule has 3 heteroatoms. The van der Waals surface area contributed by atoms with Crippen molar-refractivity contribution < 1.29 is 9.59 Å². The van der Waals surface area contributed by atoms with Gasteiger partial charge < -0.3 is 5.32 Å². The van der Waals surface area contributed by atoms with Crippen molar-refractivity contribution in [1.29, 1.82) is 0 Å². The van der Waals surface area contributed by atoms with Crippen LogP contribution < -0.4 is 5.32 Å². The van der Waals surface area contributed by atoms with E-state index in [9.17, 15) is 9.59 Å². The van der Waals surface area contributed by atoms with Gasteiger partial charge in [0, 0.05) is 25.3 Å². The molecule has 0 aromatic heterocycles. The fourth-order valence-corrected chi connectivity index (χ4v) is 2.27. The Labute approximate surface area is 104 Å². The summed E-state index contributed by atoms with van der Waals surface area (Å²) in [4.78, 5) is 22.7. The molecule has 0 heterocycles. The van der Waals surface area contributed by atoms with E-state index < -0.39 is 0 Å². The third-order valence-electron chi connectivity index (χ3n) is 3.42. The lowest BCUT2D eigenvalue weighted by molar-refractivity contribution is -0.124. The maximum Gasteiger partial charge on any atom is 0.220 e. The quantitative estimate of drug-likeness (QED) is 0.694. The van der Waals surface area contributed by atoms with Gasteiger partial charge in [-0.25, -0.2) is 0 Å². The van der Waals surface area contributed by atoms with Crippen LogP contribution in [0.1, 0.15) is 71.1 Å². The molecule has 1 amide bonds. The van der Waals surface area contributed by atoms with Gasteiger partial charge in [0.25, 0.3) is 0 Å². The van der Waals surface area contributed by atoms with Crippen molar-refractivity contribution in [3.05, 3.63) is 0 Å². The molecule has 0 atom stereocenters. The Balaban J connectivity index is 2.02. The second kappa shape index (κ2) is 8.26. The molecule has 1 saturated carbocycles. The molecule has 0 aliphatic heterocycles. The van der Waals surface area contributed by atoms with Crippen molar-refractivity contribution in [3.8, 4) is 0 Å². The molecule has 1 fully saturated rings. The summed E-state index contributed by atoms with van der Waals surface area (Å²) < 4.78 is 0. The Morgan fingerprint density at radius 2 is 1.82 bits per heavy atom. The number of rotatable bonds is 7. The van der Waals surface area contributed by atoms with Gasteiger partial charge >= 0.3 is 0 Å². The van der Waals surface area contributed by atoms with Gasteiger partial charge in [0.15, 0.2) is 0 Å². The van der Waals surface area contributed by atoms with E-state index in [1.165, 1.54) is 19.3 Å². The van der Waals surface area contributed by atoms with Gasteiger partial charge in [-0.15, -0.1) is 0 Å². The molecule has 1 rings (SSSR count). The minimum atomic E-state index is 0.167. The van der Waals surface area contributed by atoms with Crippen LogP contribution in [0.3, 0.4) is 0 Å². The minimum absolute atomic E-state index is 0.167. The largest absolute Gasteiger partial charge is 0.353 e. The zero-order valence-electron chi connectivity index (χ0n) is 11.0. The van der Waals surface area contributed by atoms with Crippen LogP contribution in [0.15, 0.2) is 0 Å². The van der Waals surface area contributed by atoms with Crippen molar-refractivity contribution >= 4 is 11.7 Å². The Kier molecular flexibility index (Phi) is 6.90. The molecule has 0 bridgehead atoms. The van der Waals surface area contributed by atoms with Crippen molar-refractivity contribution in [2.75, 3.05) is 0 Å². The zero-order chi connectivity index (χ0) is 12.5. The number of nitrogens with one attached hydrogen (secondary N) is 1. The summed E-state index contributed by atoms with van der Waals surface area (Å²) >= 11 is 0. The van der Waals surface area contributed by atoms with E-state index >= 15 is 0 Å². The Morgan fingerprint density at radius 1 is 1.18 bits per heavy atom. The van der Waals surface area contributed by atoms with E-state index in [1.807, 2.05) is 0 Å². The summed E-state index contributed by atoms with van der Waals surface area (Å²) in [5.41, 5.74) is 0. The highest BCUT2D eigenvalue weighted by Crippen LogP contribution is 2.15. The maximum atomic E-state index is 11.6. The van der Waals surface area contributed by atoms with Crippen LogP contribution in [0, 0.1) is 0 Å². The van der Waals surface area contributed by atoms with E-state index in [2.05, 4.69) is 12.2 Å². The van der Waals surface area contributed by atoms with E-state index in [4.69, 9.17) is 0 Å². The molecular formula is C14H25NO2. The third-order valence-corrected chi connectivity index (χ3v) is 3.42. The predicted molar refractivity (Wildman–Crippen MR) is 68.8 cm³/mol. The van der Waals surface area contributed by atoms with Crippen LogP contribution in [-0.4, -0.2) is 17.7 Å². The summed E-state index contributed by atoms with van der Waals surface area (Å²) in [5.74, 6) is 0.510.